The Labute approximate surface area is 109 Å². The van der Waals surface area contributed by atoms with Crippen molar-refractivity contribution in [2.75, 3.05) is 13.1 Å². The van der Waals surface area contributed by atoms with Crippen molar-refractivity contribution in [1.82, 2.24) is 10.2 Å². The van der Waals surface area contributed by atoms with Crippen LogP contribution in [0.25, 0.3) is 0 Å². The summed E-state index contributed by atoms with van der Waals surface area (Å²) in [6.07, 6.45) is 2.64. The Bertz CT molecular complexity index is 377. The standard InChI is InChI=1S/C15H22N2O/c1-2-6-15(18)16-14-9-10-17(12-14)11-13-7-4-3-5-8-13/h3-5,7-8,14H,2,6,9-12H2,1H3,(H,16,18). The van der Waals surface area contributed by atoms with Crippen LogP contribution < -0.4 is 5.32 Å². The van der Waals surface area contributed by atoms with Crippen LogP contribution in [0.5, 0.6) is 0 Å². The van der Waals surface area contributed by atoms with E-state index in [1.807, 2.05) is 13.0 Å². The second-order valence-corrected chi connectivity index (χ2v) is 5.02. The van der Waals surface area contributed by atoms with Crippen molar-refractivity contribution in [2.45, 2.75) is 38.8 Å². The van der Waals surface area contributed by atoms with Gasteiger partial charge in [-0.15, -0.1) is 0 Å². The third-order valence-electron chi connectivity index (χ3n) is 3.36. The summed E-state index contributed by atoms with van der Waals surface area (Å²) in [5, 5.41) is 3.11. The number of rotatable bonds is 5. The first-order valence-corrected chi connectivity index (χ1v) is 6.83. The molecule has 1 aromatic carbocycles. The third-order valence-corrected chi connectivity index (χ3v) is 3.36. The molecule has 1 saturated heterocycles. The van der Waals surface area contributed by atoms with Gasteiger partial charge in [-0.25, -0.2) is 0 Å². The molecule has 1 atom stereocenters. The Hall–Kier alpha value is -1.35. The highest BCUT2D eigenvalue weighted by Crippen LogP contribution is 2.13. The van der Waals surface area contributed by atoms with Crippen molar-refractivity contribution in [3.05, 3.63) is 35.9 Å². The highest BCUT2D eigenvalue weighted by atomic mass is 16.1. The molecule has 1 amide bonds. The molecule has 1 aromatic rings. The van der Waals surface area contributed by atoms with Crippen molar-refractivity contribution in [3.8, 4) is 0 Å². The summed E-state index contributed by atoms with van der Waals surface area (Å²) in [6.45, 7) is 5.08. The molecule has 1 aliphatic heterocycles. The van der Waals surface area contributed by atoms with Crippen LogP contribution in [0.15, 0.2) is 30.3 Å². The molecule has 0 bridgehead atoms. The van der Waals surface area contributed by atoms with Crippen molar-refractivity contribution < 1.29 is 4.79 Å². The molecule has 1 N–H and O–H groups in total. The number of hydrogen-bond donors (Lipinski definition) is 1. The van der Waals surface area contributed by atoms with Crippen molar-refractivity contribution in [1.29, 1.82) is 0 Å². The number of nitrogens with zero attached hydrogens (tertiary/aromatic N) is 1. The molecular formula is C15H22N2O. The Morgan fingerprint density at radius 2 is 2.17 bits per heavy atom. The Morgan fingerprint density at radius 3 is 2.89 bits per heavy atom. The molecule has 1 aliphatic rings. The lowest BCUT2D eigenvalue weighted by molar-refractivity contribution is -0.121. The quantitative estimate of drug-likeness (QED) is 0.863. The molecule has 1 fully saturated rings. The summed E-state index contributed by atoms with van der Waals surface area (Å²) in [5.41, 5.74) is 1.35. The molecule has 18 heavy (non-hydrogen) atoms. The zero-order valence-corrected chi connectivity index (χ0v) is 11.1. The monoisotopic (exact) mass is 246 g/mol. The van der Waals surface area contributed by atoms with Gasteiger partial charge in [0.15, 0.2) is 0 Å². The molecule has 0 aliphatic carbocycles. The van der Waals surface area contributed by atoms with E-state index in [2.05, 4.69) is 34.5 Å². The van der Waals surface area contributed by atoms with Gasteiger partial charge in [0.2, 0.25) is 5.91 Å². The summed E-state index contributed by atoms with van der Waals surface area (Å²) in [7, 11) is 0. The summed E-state index contributed by atoms with van der Waals surface area (Å²) in [6, 6.07) is 10.8. The van der Waals surface area contributed by atoms with Gasteiger partial charge in [-0.3, -0.25) is 9.69 Å². The number of benzene rings is 1. The highest BCUT2D eigenvalue weighted by molar-refractivity contribution is 5.76. The Kier molecular flexibility index (Phi) is 4.76. The second kappa shape index (κ2) is 6.55. The normalized spacial score (nSPS) is 19.9. The molecule has 0 radical (unpaired) electrons. The maximum atomic E-state index is 11.5. The van der Waals surface area contributed by atoms with Gasteiger partial charge in [0.1, 0.15) is 0 Å². The predicted molar refractivity (Wildman–Crippen MR) is 73.2 cm³/mol. The van der Waals surface area contributed by atoms with Crippen molar-refractivity contribution in [2.24, 2.45) is 0 Å². The topological polar surface area (TPSA) is 32.3 Å². The third kappa shape index (κ3) is 3.84. The zero-order chi connectivity index (χ0) is 12.8. The number of amides is 1. The van der Waals surface area contributed by atoms with E-state index in [4.69, 9.17) is 0 Å². The molecule has 1 heterocycles. The lowest BCUT2D eigenvalue weighted by Crippen LogP contribution is -2.36. The number of hydrogen-bond acceptors (Lipinski definition) is 2. The van der Waals surface area contributed by atoms with E-state index in [1.165, 1.54) is 5.56 Å². The molecule has 3 heteroatoms. The molecule has 98 valence electrons. The van der Waals surface area contributed by atoms with Gasteiger partial charge in [0.25, 0.3) is 0 Å². The van der Waals surface area contributed by atoms with Crippen LogP contribution in [-0.2, 0) is 11.3 Å². The average Bonchev–Trinajstić information content (AvgIpc) is 2.78. The summed E-state index contributed by atoms with van der Waals surface area (Å²) < 4.78 is 0. The number of likely N-dealkylation sites (tertiary alicyclic amines) is 1. The molecule has 1 unspecified atom stereocenters. The van der Waals surface area contributed by atoms with Gasteiger partial charge >= 0.3 is 0 Å². The zero-order valence-electron chi connectivity index (χ0n) is 11.1. The number of carbonyl (C=O) groups excluding carboxylic acids is 1. The van der Waals surface area contributed by atoms with Gasteiger partial charge in [-0.05, 0) is 18.4 Å². The summed E-state index contributed by atoms with van der Waals surface area (Å²) in [4.78, 5) is 13.9. The van der Waals surface area contributed by atoms with Crippen LogP contribution in [0.4, 0.5) is 0 Å². The van der Waals surface area contributed by atoms with Crippen LogP contribution in [0.3, 0.4) is 0 Å². The lowest BCUT2D eigenvalue weighted by atomic mass is 10.2. The smallest absolute Gasteiger partial charge is 0.220 e. The minimum absolute atomic E-state index is 0.198. The molecule has 0 spiro atoms. The number of carbonyl (C=O) groups is 1. The fraction of sp³-hybridized carbons (Fsp3) is 0.533. The first kappa shape index (κ1) is 13.1. The van der Waals surface area contributed by atoms with Gasteiger partial charge in [0.05, 0.1) is 0 Å². The van der Waals surface area contributed by atoms with Crippen LogP contribution >= 0.6 is 0 Å². The SMILES string of the molecule is CCCC(=O)NC1CCN(Cc2ccccc2)C1. The van der Waals surface area contributed by atoms with Crippen LogP contribution in [-0.4, -0.2) is 29.9 Å². The molecular weight excluding hydrogens is 224 g/mol. The van der Waals surface area contributed by atoms with Gasteiger partial charge in [-0.1, -0.05) is 37.3 Å². The maximum Gasteiger partial charge on any atom is 0.220 e. The fourth-order valence-electron chi connectivity index (χ4n) is 2.46. The van der Waals surface area contributed by atoms with Crippen LogP contribution in [0.2, 0.25) is 0 Å². The van der Waals surface area contributed by atoms with E-state index >= 15 is 0 Å². The van der Waals surface area contributed by atoms with E-state index in [0.717, 1.165) is 32.5 Å². The first-order valence-electron chi connectivity index (χ1n) is 6.83. The van der Waals surface area contributed by atoms with Crippen LogP contribution in [0, 0.1) is 0 Å². The van der Waals surface area contributed by atoms with Gasteiger partial charge in [0, 0.05) is 32.1 Å². The molecule has 3 nitrogen and oxygen atoms in total. The number of nitrogens with one attached hydrogen (secondary N) is 1. The van der Waals surface area contributed by atoms with E-state index in [0.29, 0.717) is 12.5 Å². The largest absolute Gasteiger partial charge is 0.352 e. The Morgan fingerprint density at radius 1 is 1.39 bits per heavy atom. The van der Waals surface area contributed by atoms with E-state index in [-0.39, 0.29) is 5.91 Å². The van der Waals surface area contributed by atoms with Gasteiger partial charge in [-0.2, -0.15) is 0 Å². The molecule has 0 aromatic heterocycles. The summed E-state index contributed by atoms with van der Waals surface area (Å²) in [5.74, 6) is 0.198. The van der Waals surface area contributed by atoms with E-state index in [1.54, 1.807) is 0 Å². The summed E-state index contributed by atoms with van der Waals surface area (Å²) >= 11 is 0. The van der Waals surface area contributed by atoms with E-state index in [9.17, 15) is 4.79 Å². The average molecular weight is 246 g/mol. The minimum atomic E-state index is 0.198. The fourth-order valence-corrected chi connectivity index (χ4v) is 2.46. The minimum Gasteiger partial charge on any atom is -0.352 e. The highest BCUT2D eigenvalue weighted by Gasteiger charge is 2.23. The lowest BCUT2D eigenvalue weighted by Gasteiger charge is -2.16. The second-order valence-electron chi connectivity index (χ2n) is 5.02. The van der Waals surface area contributed by atoms with Crippen LogP contribution in [0.1, 0.15) is 31.7 Å². The van der Waals surface area contributed by atoms with Crippen molar-refractivity contribution >= 4 is 5.91 Å². The van der Waals surface area contributed by atoms with Crippen molar-refractivity contribution in [3.63, 3.8) is 0 Å². The first-order chi connectivity index (χ1) is 8.78. The Balaban J connectivity index is 1.76. The van der Waals surface area contributed by atoms with E-state index < -0.39 is 0 Å². The molecule has 0 saturated carbocycles. The molecule has 2 rings (SSSR count). The maximum absolute atomic E-state index is 11.5. The van der Waals surface area contributed by atoms with Gasteiger partial charge < -0.3 is 5.32 Å². The predicted octanol–water partition coefficient (Wildman–Crippen LogP) is 2.18.